The predicted octanol–water partition coefficient (Wildman–Crippen LogP) is 3.57. The summed E-state index contributed by atoms with van der Waals surface area (Å²) >= 11 is 5.78. The van der Waals surface area contributed by atoms with Crippen LogP contribution >= 0.6 is 11.6 Å². The van der Waals surface area contributed by atoms with Crippen LogP contribution in [0.1, 0.15) is 24.1 Å². The van der Waals surface area contributed by atoms with Crippen molar-refractivity contribution in [1.29, 1.82) is 0 Å². The second-order valence-electron chi connectivity index (χ2n) is 4.76. The van der Waals surface area contributed by atoms with Crippen molar-refractivity contribution < 1.29 is 9.63 Å². The lowest BCUT2D eigenvalue weighted by Crippen LogP contribution is -2.29. The molecule has 114 valence electrons. The molecule has 1 atom stereocenters. The zero-order valence-corrected chi connectivity index (χ0v) is 13.0. The number of halogens is 1. The first-order valence-corrected chi connectivity index (χ1v) is 7.28. The summed E-state index contributed by atoms with van der Waals surface area (Å²) in [5, 5.41) is 7.27. The summed E-state index contributed by atoms with van der Waals surface area (Å²) in [4.78, 5) is 16.7. The molecule has 4 nitrogen and oxygen atoms in total. The zero-order valence-electron chi connectivity index (χ0n) is 12.2. The summed E-state index contributed by atoms with van der Waals surface area (Å²) in [6, 6.07) is 16.8. The third-order valence-corrected chi connectivity index (χ3v) is 3.27. The van der Waals surface area contributed by atoms with Gasteiger partial charge in [-0.05, 0) is 30.2 Å². The Morgan fingerprint density at radius 3 is 2.59 bits per heavy atom. The summed E-state index contributed by atoms with van der Waals surface area (Å²) in [6.07, 6.45) is 1.53. The van der Waals surface area contributed by atoms with Crippen LogP contribution in [-0.2, 0) is 9.63 Å². The molecule has 0 fully saturated rings. The largest absolute Gasteiger partial charge is 0.386 e. The molecule has 5 heteroatoms. The lowest BCUT2D eigenvalue weighted by Gasteiger charge is -2.13. The Kier molecular flexibility index (Phi) is 5.98. The van der Waals surface area contributed by atoms with Crippen molar-refractivity contribution in [3.05, 3.63) is 70.7 Å². The summed E-state index contributed by atoms with van der Waals surface area (Å²) in [5.74, 6) is -0.218. The van der Waals surface area contributed by atoms with Gasteiger partial charge in [-0.15, -0.1) is 0 Å². The van der Waals surface area contributed by atoms with E-state index < -0.39 is 0 Å². The highest BCUT2D eigenvalue weighted by atomic mass is 35.5. The maximum absolute atomic E-state index is 11.8. The van der Waals surface area contributed by atoms with Crippen LogP contribution in [0.3, 0.4) is 0 Å². The van der Waals surface area contributed by atoms with Gasteiger partial charge in [0.25, 0.3) is 5.91 Å². The number of rotatable bonds is 6. The fraction of sp³-hybridized carbons (Fsp3) is 0.176. The van der Waals surface area contributed by atoms with E-state index in [4.69, 9.17) is 16.4 Å². The number of amides is 1. The summed E-state index contributed by atoms with van der Waals surface area (Å²) in [7, 11) is 0. The molecule has 0 heterocycles. The molecule has 0 spiro atoms. The molecule has 0 radical (unpaired) electrons. The summed E-state index contributed by atoms with van der Waals surface area (Å²) in [6.45, 7) is 1.80. The van der Waals surface area contributed by atoms with Gasteiger partial charge in [0.15, 0.2) is 6.61 Å². The average Bonchev–Trinajstić information content (AvgIpc) is 2.54. The van der Waals surface area contributed by atoms with Crippen LogP contribution in [0, 0.1) is 0 Å². The molecule has 0 aromatic heterocycles. The monoisotopic (exact) mass is 316 g/mol. The minimum Gasteiger partial charge on any atom is -0.386 e. The van der Waals surface area contributed by atoms with Gasteiger partial charge >= 0.3 is 0 Å². The Bertz CT molecular complexity index is 627. The van der Waals surface area contributed by atoms with Crippen LogP contribution in [0.2, 0.25) is 5.02 Å². The molecule has 2 rings (SSSR count). The highest BCUT2D eigenvalue weighted by molar-refractivity contribution is 6.30. The van der Waals surface area contributed by atoms with Crippen molar-refractivity contribution in [3.8, 4) is 0 Å². The molecule has 2 aromatic carbocycles. The predicted molar refractivity (Wildman–Crippen MR) is 88.0 cm³/mol. The van der Waals surface area contributed by atoms with Crippen LogP contribution in [0.5, 0.6) is 0 Å². The van der Waals surface area contributed by atoms with Crippen molar-refractivity contribution in [1.82, 2.24) is 5.32 Å². The van der Waals surface area contributed by atoms with E-state index in [0.29, 0.717) is 5.02 Å². The van der Waals surface area contributed by atoms with Gasteiger partial charge < -0.3 is 10.2 Å². The summed E-state index contributed by atoms with van der Waals surface area (Å²) < 4.78 is 0. The number of hydrogen-bond donors (Lipinski definition) is 1. The van der Waals surface area contributed by atoms with Crippen LogP contribution in [0.15, 0.2) is 59.8 Å². The van der Waals surface area contributed by atoms with E-state index in [2.05, 4.69) is 10.5 Å². The average molecular weight is 317 g/mol. The van der Waals surface area contributed by atoms with E-state index >= 15 is 0 Å². The quantitative estimate of drug-likeness (QED) is 0.654. The molecule has 22 heavy (non-hydrogen) atoms. The lowest BCUT2D eigenvalue weighted by molar-refractivity contribution is -0.126. The van der Waals surface area contributed by atoms with Gasteiger partial charge in [-0.25, -0.2) is 0 Å². The molecule has 0 unspecified atom stereocenters. The minimum absolute atomic E-state index is 0.0717. The highest BCUT2D eigenvalue weighted by Gasteiger charge is 2.08. The Morgan fingerprint density at radius 2 is 1.91 bits per heavy atom. The molecule has 1 N–H and O–H groups in total. The third kappa shape index (κ3) is 5.22. The van der Waals surface area contributed by atoms with E-state index in [1.165, 1.54) is 6.21 Å². The van der Waals surface area contributed by atoms with Gasteiger partial charge in [-0.1, -0.05) is 59.2 Å². The fourth-order valence-electron chi connectivity index (χ4n) is 1.85. The number of nitrogens with one attached hydrogen (secondary N) is 1. The van der Waals surface area contributed by atoms with Crippen LogP contribution in [0.25, 0.3) is 0 Å². The van der Waals surface area contributed by atoms with E-state index in [1.807, 2.05) is 49.4 Å². The number of hydrogen-bond acceptors (Lipinski definition) is 3. The van der Waals surface area contributed by atoms with Gasteiger partial charge in [0, 0.05) is 5.02 Å². The molecular weight excluding hydrogens is 300 g/mol. The Balaban J connectivity index is 1.75. The van der Waals surface area contributed by atoms with Crippen LogP contribution in [0.4, 0.5) is 0 Å². The van der Waals surface area contributed by atoms with Gasteiger partial charge in [-0.3, -0.25) is 4.79 Å². The molecule has 0 bridgehead atoms. The van der Waals surface area contributed by atoms with E-state index in [0.717, 1.165) is 11.1 Å². The topological polar surface area (TPSA) is 50.7 Å². The van der Waals surface area contributed by atoms with Crippen molar-refractivity contribution >= 4 is 23.7 Å². The first kappa shape index (κ1) is 16.0. The fourth-order valence-corrected chi connectivity index (χ4v) is 1.98. The number of benzene rings is 2. The SMILES string of the molecule is C[C@H](NC(=O)CO/N=C\c1ccc(Cl)cc1)c1ccccc1. The normalized spacial score (nSPS) is 12.1. The van der Waals surface area contributed by atoms with Crippen molar-refractivity contribution in [2.24, 2.45) is 5.16 Å². The smallest absolute Gasteiger partial charge is 0.261 e. The molecular formula is C17H17ClN2O2. The number of carbonyl (C=O) groups excluding carboxylic acids is 1. The molecule has 0 aliphatic carbocycles. The van der Waals surface area contributed by atoms with Gasteiger partial charge in [0.05, 0.1) is 12.3 Å². The van der Waals surface area contributed by atoms with E-state index in [9.17, 15) is 4.79 Å². The molecule has 1 amide bonds. The van der Waals surface area contributed by atoms with Gasteiger partial charge in [0.2, 0.25) is 0 Å². The maximum atomic E-state index is 11.8. The van der Waals surface area contributed by atoms with Crippen LogP contribution in [-0.4, -0.2) is 18.7 Å². The molecule has 0 saturated heterocycles. The first-order chi connectivity index (χ1) is 10.6. The standard InChI is InChI=1S/C17H17ClN2O2/c1-13(15-5-3-2-4-6-15)20-17(21)12-22-19-11-14-7-9-16(18)10-8-14/h2-11,13H,12H2,1H3,(H,20,21)/b19-11-/t13-/m0/s1. The van der Waals surface area contributed by atoms with Crippen molar-refractivity contribution in [2.45, 2.75) is 13.0 Å². The van der Waals surface area contributed by atoms with Gasteiger partial charge in [0.1, 0.15) is 0 Å². The third-order valence-electron chi connectivity index (χ3n) is 3.02. The van der Waals surface area contributed by atoms with Crippen molar-refractivity contribution in [3.63, 3.8) is 0 Å². The minimum atomic E-state index is -0.218. The van der Waals surface area contributed by atoms with Crippen LogP contribution < -0.4 is 5.32 Å². The number of oxime groups is 1. The number of carbonyl (C=O) groups is 1. The second-order valence-corrected chi connectivity index (χ2v) is 5.20. The molecule has 2 aromatic rings. The second kappa shape index (κ2) is 8.20. The zero-order chi connectivity index (χ0) is 15.8. The molecule has 0 saturated carbocycles. The maximum Gasteiger partial charge on any atom is 0.261 e. The Morgan fingerprint density at radius 1 is 1.23 bits per heavy atom. The summed E-state index contributed by atoms with van der Waals surface area (Å²) in [5.41, 5.74) is 1.89. The number of nitrogens with zero attached hydrogens (tertiary/aromatic N) is 1. The Labute approximate surface area is 134 Å². The Hall–Kier alpha value is -2.33. The molecule has 0 aliphatic heterocycles. The van der Waals surface area contributed by atoms with Gasteiger partial charge in [-0.2, -0.15) is 0 Å². The highest BCUT2D eigenvalue weighted by Crippen LogP contribution is 2.10. The first-order valence-electron chi connectivity index (χ1n) is 6.90. The van der Waals surface area contributed by atoms with E-state index in [1.54, 1.807) is 12.1 Å². The van der Waals surface area contributed by atoms with E-state index in [-0.39, 0.29) is 18.6 Å². The lowest BCUT2D eigenvalue weighted by atomic mass is 10.1. The molecule has 0 aliphatic rings. The van der Waals surface area contributed by atoms with Crippen molar-refractivity contribution in [2.75, 3.05) is 6.61 Å².